The number of aromatic nitrogens is 2. The molecule has 1 aliphatic heterocycles. The number of likely N-dealkylation sites (N-methyl/N-ethyl adjacent to an activating group) is 1. The van der Waals surface area contributed by atoms with E-state index in [1.807, 2.05) is 31.4 Å². The molecule has 2 heterocycles. The number of fused-ring (bicyclic) bond motifs is 1. The van der Waals surface area contributed by atoms with Crippen LogP contribution in [0.5, 0.6) is 5.75 Å². The summed E-state index contributed by atoms with van der Waals surface area (Å²) in [7, 11) is 3.82. The lowest BCUT2D eigenvalue weighted by Crippen LogP contribution is -2.28. The second-order valence-corrected chi connectivity index (χ2v) is 5.24. The first-order chi connectivity index (χ1) is 11.7. The summed E-state index contributed by atoms with van der Waals surface area (Å²) in [5, 5.41) is 13.2. The Morgan fingerprint density at radius 3 is 2.83 bits per heavy atom. The van der Waals surface area contributed by atoms with Gasteiger partial charge in [0.1, 0.15) is 18.2 Å². The van der Waals surface area contributed by atoms with Crippen LogP contribution in [0.4, 0.5) is 0 Å². The molecule has 0 saturated heterocycles. The molecular weight excluding hydrogens is 304 g/mol. The molecule has 0 saturated carbocycles. The van der Waals surface area contributed by atoms with Crippen molar-refractivity contribution < 1.29 is 9.84 Å². The normalized spacial score (nSPS) is 15.1. The van der Waals surface area contributed by atoms with Gasteiger partial charge in [-0.15, -0.1) is 13.2 Å². The third-order valence-electron chi connectivity index (χ3n) is 3.78. The van der Waals surface area contributed by atoms with Crippen LogP contribution in [0.1, 0.15) is 5.56 Å². The van der Waals surface area contributed by atoms with Gasteiger partial charge in [-0.25, -0.2) is 0 Å². The van der Waals surface area contributed by atoms with Crippen LogP contribution in [0, 0.1) is 0 Å². The predicted molar refractivity (Wildman–Crippen MR) is 96.6 cm³/mol. The lowest BCUT2D eigenvalue weighted by molar-refractivity contribution is 0.269. The minimum Gasteiger partial charge on any atom is -0.491 e. The van der Waals surface area contributed by atoms with Crippen LogP contribution in [-0.2, 0) is 6.54 Å². The number of aliphatic imine (C=N–C) groups is 1. The second-order valence-electron chi connectivity index (χ2n) is 5.24. The highest BCUT2D eigenvalue weighted by Crippen LogP contribution is 2.29. The fourth-order valence-electron chi connectivity index (χ4n) is 2.64. The van der Waals surface area contributed by atoms with Gasteiger partial charge in [0.05, 0.1) is 31.5 Å². The van der Waals surface area contributed by atoms with E-state index >= 15 is 0 Å². The molecular formula is C18H24N4O2. The van der Waals surface area contributed by atoms with Gasteiger partial charge in [0.2, 0.25) is 0 Å². The van der Waals surface area contributed by atoms with Gasteiger partial charge >= 0.3 is 0 Å². The van der Waals surface area contributed by atoms with Crippen LogP contribution in [0.25, 0.3) is 11.1 Å². The topological polar surface area (TPSA) is 62.9 Å². The Labute approximate surface area is 142 Å². The Bertz CT molecular complexity index is 709. The van der Waals surface area contributed by atoms with Crippen LogP contribution in [0.15, 0.2) is 48.7 Å². The molecule has 1 aromatic heterocycles. The van der Waals surface area contributed by atoms with Gasteiger partial charge in [0.25, 0.3) is 0 Å². The molecule has 6 heteroatoms. The average molecular weight is 328 g/mol. The molecule has 1 aromatic carbocycles. The Morgan fingerprint density at radius 2 is 2.12 bits per heavy atom. The van der Waals surface area contributed by atoms with E-state index in [-0.39, 0.29) is 6.61 Å². The maximum atomic E-state index is 8.97. The zero-order chi connectivity index (χ0) is 17.5. The first-order valence-corrected chi connectivity index (χ1v) is 7.81. The van der Waals surface area contributed by atoms with Gasteiger partial charge in [0, 0.05) is 25.9 Å². The number of hydrogen-bond donors (Lipinski definition) is 1. The maximum absolute atomic E-state index is 8.97. The highest BCUT2D eigenvalue weighted by atomic mass is 16.5. The molecule has 0 fully saturated rings. The molecule has 0 bridgehead atoms. The van der Waals surface area contributed by atoms with E-state index in [9.17, 15) is 0 Å². The van der Waals surface area contributed by atoms with Gasteiger partial charge in [-0.3, -0.25) is 9.67 Å². The Kier molecular flexibility index (Phi) is 6.14. The summed E-state index contributed by atoms with van der Waals surface area (Å²) in [6.07, 6.45) is 3.73. The molecule has 24 heavy (non-hydrogen) atoms. The Hall–Kier alpha value is -2.60. The number of aliphatic hydroxyl groups is 1. The molecule has 0 amide bonds. The lowest BCUT2D eigenvalue weighted by Gasteiger charge is -2.17. The molecule has 1 aliphatic rings. The van der Waals surface area contributed by atoms with Crippen molar-refractivity contribution in [3.05, 3.63) is 49.3 Å². The first-order valence-electron chi connectivity index (χ1n) is 7.81. The fraction of sp³-hybridized carbons (Fsp3) is 0.333. The number of rotatable bonds is 3. The van der Waals surface area contributed by atoms with Crippen molar-refractivity contribution >= 4 is 5.84 Å². The summed E-state index contributed by atoms with van der Waals surface area (Å²) in [6.45, 7) is 8.02. The molecule has 0 atom stereocenters. The third kappa shape index (κ3) is 3.65. The molecule has 6 nitrogen and oxygen atoms in total. The van der Waals surface area contributed by atoms with E-state index in [4.69, 9.17) is 9.84 Å². The number of amidine groups is 1. The number of ether oxygens (including phenoxy) is 1. The Morgan fingerprint density at radius 1 is 1.33 bits per heavy atom. The summed E-state index contributed by atoms with van der Waals surface area (Å²) in [5.74, 6) is 1.78. The van der Waals surface area contributed by atoms with E-state index in [1.54, 1.807) is 17.9 Å². The molecule has 2 aromatic rings. The molecule has 0 aliphatic carbocycles. The number of hydrogen-bond acceptors (Lipinski definition) is 4. The van der Waals surface area contributed by atoms with Crippen molar-refractivity contribution in [3.8, 4) is 16.9 Å². The van der Waals surface area contributed by atoms with Crippen LogP contribution < -0.4 is 4.74 Å². The minimum atomic E-state index is 0.0804. The molecule has 0 radical (unpaired) electrons. The molecule has 1 N–H and O–H groups in total. The summed E-state index contributed by atoms with van der Waals surface area (Å²) in [5.41, 5.74) is 3.06. The molecule has 0 unspecified atom stereocenters. The standard InChI is InChI=1S/C16H20N4O2.C2H4/c1-17-16-14-4-3-12(9-15(14)22-8-6-19(16)2)13-10-18-20(11-13)5-7-21;1-2/h3-4,9-11,21H,5-8H2,1-2H3;1-2H2. The Balaban J connectivity index is 0.00000100. The van der Waals surface area contributed by atoms with E-state index in [2.05, 4.69) is 28.1 Å². The van der Waals surface area contributed by atoms with Crippen LogP contribution in [-0.4, -0.2) is 59.5 Å². The monoisotopic (exact) mass is 328 g/mol. The average Bonchev–Trinajstić information content (AvgIpc) is 3.01. The fourth-order valence-corrected chi connectivity index (χ4v) is 2.64. The van der Waals surface area contributed by atoms with Crippen molar-refractivity contribution in [3.63, 3.8) is 0 Å². The van der Waals surface area contributed by atoms with E-state index in [1.165, 1.54) is 0 Å². The van der Waals surface area contributed by atoms with Crippen molar-refractivity contribution in [2.75, 3.05) is 33.9 Å². The quantitative estimate of drug-likeness (QED) is 0.876. The number of aliphatic hydroxyl groups excluding tert-OH is 1. The molecule has 128 valence electrons. The van der Waals surface area contributed by atoms with Crippen molar-refractivity contribution in [2.45, 2.75) is 6.54 Å². The summed E-state index contributed by atoms with van der Waals surface area (Å²) in [6, 6.07) is 6.12. The number of benzene rings is 1. The largest absolute Gasteiger partial charge is 0.491 e. The summed E-state index contributed by atoms with van der Waals surface area (Å²) >= 11 is 0. The maximum Gasteiger partial charge on any atom is 0.134 e. The third-order valence-corrected chi connectivity index (χ3v) is 3.78. The summed E-state index contributed by atoms with van der Waals surface area (Å²) < 4.78 is 7.61. The first kappa shape index (κ1) is 17.7. The van der Waals surface area contributed by atoms with E-state index < -0.39 is 0 Å². The zero-order valence-corrected chi connectivity index (χ0v) is 14.3. The predicted octanol–water partition coefficient (Wildman–Crippen LogP) is 2.05. The van der Waals surface area contributed by atoms with Gasteiger partial charge in [-0.05, 0) is 17.7 Å². The van der Waals surface area contributed by atoms with Gasteiger partial charge in [0.15, 0.2) is 0 Å². The van der Waals surface area contributed by atoms with Gasteiger partial charge in [-0.1, -0.05) is 6.07 Å². The van der Waals surface area contributed by atoms with E-state index in [0.29, 0.717) is 13.2 Å². The second kappa shape index (κ2) is 8.31. The van der Waals surface area contributed by atoms with Gasteiger partial charge in [-0.2, -0.15) is 5.10 Å². The zero-order valence-electron chi connectivity index (χ0n) is 14.3. The minimum absolute atomic E-state index is 0.0804. The number of nitrogens with zero attached hydrogens (tertiary/aromatic N) is 4. The smallest absolute Gasteiger partial charge is 0.134 e. The lowest BCUT2D eigenvalue weighted by atomic mass is 10.1. The summed E-state index contributed by atoms with van der Waals surface area (Å²) in [4.78, 5) is 6.48. The van der Waals surface area contributed by atoms with Crippen LogP contribution in [0.3, 0.4) is 0 Å². The van der Waals surface area contributed by atoms with Gasteiger partial charge < -0.3 is 14.7 Å². The van der Waals surface area contributed by atoms with Crippen LogP contribution in [0.2, 0.25) is 0 Å². The van der Waals surface area contributed by atoms with Crippen molar-refractivity contribution in [1.29, 1.82) is 0 Å². The van der Waals surface area contributed by atoms with Crippen molar-refractivity contribution in [1.82, 2.24) is 14.7 Å². The molecule has 0 spiro atoms. The van der Waals surface area contributed by atoms with Crippen molar-refractivity contribution in [2.24, 2.45) is 4.99 Å². The highest BCUT2D eigenvalue weighted by Gasteiger charge is 2.19. The van der Waals surface area contributed by atoms with Crippen LogP contribution >= 0.6 is 0 Å². The van der Waals surface area contributed by atoms with E-state index in [0.717, 1.165) is 34.8 Å². The SMILES string of the molecule is C=C.CN=C1c2ccc(-c3cnn(CCO)c3)cc2OCCN1C. The highest BCUT2D eigenvalue weighted by molar-refractivity contribution is 6.01. The molecule has 3 rings (SSSR count).